The Morgan fingerprint density at radius 3 is 2.67 bits per heavy atom. The van der Waals surface area contributed by atoms with Gasteiger partial charge in [0.2, 0.25) is 0 Å². The highest BCUT2D eigenvalue weighted by molar-refractivity contribution is 5.88. The van der Waals surface area contributed by atoms with Crippen molar-refractivity contribution in [3.05, 3.63) is 65.6 Å². The van der Waals surface area contributed by atoms with Gasteiger partial charge in [-0.3, -0.25) is 14.6 Å². The summed E-state index contributed by atoms with van der Waals surface area (Å²) < 4.78 is 30.5. The number of aryl methyl sites for hydroxylation is 1. The minimum Gasteiger partial charge on any atom is -0.268 e. The standard InChI is InChI=1S/C21H16F2N4/c1-12-15(22)6-5-14(20(12)23)21-19(18-3-2-10-27(18)26-21)13-4-7-16-17(11-13)25-9-8-24-16/h4-9,11H,2-3,10H2,1H3. The van der Waals surface area contributed by atoms with Gasteiger partial charge < -0.3 is 0 Å². The Labute approximate surface area is 154 Å². The van der Waals surface area contributed by atoms with Gasteiger partial charge in [0, 0.05) is 41.3 Å². The number of hydrogen-bond donors (Lipinski definition) is 0. The molecule has 0 saturated heterocycles. The summed E-state index contributed by atoms with van der Waals surface area (Å²) in [4.78, 5) is 8.68. The molecule has 0 unspecified atom stereocenters. The van der Waals surface area contributed by atoms with Crippen molar-refractivity contribution in [2.75, 3.05) is 0 Å². The number of hydrogen-bond acceptors (Lipinski definition) is 3. The summed E-state index contributed by atoms with van der Waals surface area (Å²) >= 11 is 0. The molecule has 0 fully saturated rings. The normalized spacial score (nSPS) is 13.3. The molecule has 0 atom stereocenters. The van der Waals surface area contributed by atoms with Gasteiger partial charge >= 0.3 is 0 Å². The lowest BCUT2D eigenvalue weighted by Crippen LogP contribution is -1.97. The second-order valence-electron chi connectivity index (χ2n) is 6.79. The van der Waals surface area contributed by atoms with Crippen molar-refractivity contribution >= 4 is 11.0 Å². The number of rotatable bonds is 2. The zero-order valence-corrected chi connectivity index (χ0v) is 14.7. The van der Waals surface area contributed by atoms with Crippen LogP contribution in [0.4, 0.5) is 8.78 Å². The van der Waals surface area contributed by atoms with Crippen LogP contribution < -0.4 is 0 Å². The molecule has 1 aliphatic rings. The van der Waals surface area contributed by atoms with Crippen LogP contribution in [-0.2, 0) is 13.0 Å². The van der Waals surface area contributed by atoms with Crippen LogP contribution in [-0.4, -0.2) is 19.7 Å². The van der Waals surface area contributed by atoms with Gasteiger partial charge in [0.25, 0.3) is 0 Å². The maximum Gasteiger partial charge on any atom is 0.138 e. The Morgan fingerprint density at radius 2 is 1.81 bits per heavy atom. The first-order valence-electron chi connectivity index (χ1n) is 8.89. The van der Waals surface area contributed by atoms with Gasteiger partial charge in [-0.25, -0.2) is 8.78 Å². The highest BCUT2D eigenvalue weighted by Crippen LogP contribution is 2.39. The van der Waals surface area contributed by atoms with E-state index in [1.165, 1.54) is 19.1 Å². The van der Waals surface area contributed by atoms with Crippen LogP contribution in [0, 0.1) is 18.6 Å². The Morgan fingerprint density at radius 1 is 1.00 bits per heavy atom. The van der Waals surface area contributed by atoms with E-state index in [2.05, 4.69) is 15.1 Å². The Kier molecular flexibility index (Phi) is 3.53. The molecule has 0 aliphatic carbocycles. The molecule has 0 bridgehead atoms. The van der Waals surface area contributed by atoms with E-state index in [0.29, 0.717) is 11.3 Å². The minimum absolute atomic E-state index is 0.0102. The predicted molar refractivity (Wildman–Crippen MR) is 99.2 cm³/mol. The third-order valence-electron chi connectivity index (χ3n) is 5.17. The monoisotopic (exact) mass is 362 g/mol. The molecule has 4 aromatic rings. The van der Waals surface area contributed by atoms with Gasteiger partial charge in [-0.1, -0.05) is 6.07 Å². The van der Waals surface area contributed by atoms with Gasteiger partial charge in [0.1, 0.15) is 17.3 Å². The van der Waals surface area contributed by atoms with Crippen LogP contribution in [0.15, 0.2) is 42.7 Å². The van der Waals surface area contributed by atoms with Crippen LogP contribution in [0.25, 0.3) is 33.4 Å². The Hall–Kier alpha value is -3.15. The molecule has 5 rings (SSSR count). The van der Waals surface area contributed by atoms with Crippen molar-refractivity contribution < 1.29 is 8.78 Å². The third kappa shape index (κ3) is 2.44. The summed E-state index contributed by atoms with van der Waals surface area (Å²) in [5, 5.41) is 4.67. The molecule has 0 amide bonds. The van der Waals surface area contributed by atoms with Crippen molar-refractivity contribution in [3.8, 4) is 22.4 Å². The average molecular weight is 362 g/mol. The number of benzene rings is 2. The van der Waals surface area contributed by atoms with Gasteiger partial charge in [0.15, 0.2) is 0 Å². The first kappa shape index (κ1) is 16.1. The Bertz CT molecular complexity index is 1200. The summed E-state index contributed by atoms with van der Waals surface area (Å²) in [6, 6.07) is 8.60. The first-order valence-corrected chi connectivity index (χ1v) is 8.89. The summed E-state index contributed by atoms with van der Waals surface area (Å²) in [7, 11) is 0. The smallest absolute Gasteiger partial charge is 0.138 e. The van der Waals surface area contributed by atoms with Crippen molar-refractivity contribution in [1.29, 1.82) is 0 Å². The number of nitrogens with zero attached hydrogens (tertiary/aromatic N) is 4. The summed E-state index contributed by atoms with van der Waals surface area (Å²) in [6.45, 7) is 2.25. The van der Waals surface area contributed by atoms with Crippen molar-refractivity contribution in [2.45, 2.75) is 26.3 Å². The lowest BCUT2D eigenvalue weighted by Gasteiger charge is -2.09. The second-order valence-corrected chi connectivity index (χ2v) is 6.79. The van der Waals surface area contributed by atoms with E-state index in [9.17, 15) is 8.78 Å². The molecule has 1 aliphatic heterocycles. The van der Waals surface area contributed by atoms with Crippen LogP contribution in [0.2, 0.25) is 0 Å². The van der Waals surface area contributed by atoms with Crippen molar-refractivity contribution in [1.82, 2.24) is 19.7 Å². The van der Waals surface area contributed by atoms with Gasteiger partial charge in [-0.15, -0.1) is 0 Å². The molecule has 2 aromatic carbocycles. The molecule has 4 nitrogen and oxygen atoms in total. The molecule has 6 heteroatoms. The number of aromatic nitrogens is 4. The van der Waals surface area contributed by atoms with Gasteiger partial charge in [-0.2, -0.15) is 5.10 Å². The number of fused-ring (bicyclic) bond motifs is 2. The van der Waals surface area contributed by atoms with Crippen LogP contribution >= 0.6 is 0 Å². The molecule has 2 aromatic heterocycles. The third-order valence-corrected chi connectivity index (χ3v) is 5.17. The maximum atomic E-state index is 14.8. The average Bonchev–Trinajstić information content (AvgIpc) is 3.27. The summed E-state index contributed by atoms with van der Waals surface area (Å²) in [5.74, 6) is -1.11. The predicted octanol–water partition coefficient (Wildman–Crippen LogP) is 4.69. The van der Waals surface area contributed by atoms with Crippen LogP contribution in [0.3, 0.4) is 0 Å². The second kappa shape index (κ2) is 5.94. The molecule has 27 heavy (non-hydrogen) atoms. The van der Waals surface area contributed by atoms with Gasteiger partial charge in [0.05, 0.1) is 11.0 Å². The van der Waals surface area contributed by atoms with E-state index >= 15 is 0 Å². The highest BCUT2D eigenvalue weighted by atomic mass is 19.1. The van der Waals surface area contributed by atoms with Crippen molar-refractivity contribution in [3.63, 3.8) is 0 Å². The quantitative estimate of drug-likeness (QED) is 0.519. The van der Waals surface area contributed by atoms with E-state index in [0.717, 1.165) is 47.2 Å². The van der Waals surface area contributed by atoms with E-state index < -0.39 is 11.6 Å². The molecular weight excluding hydrogens is 346 g/mol. The van der Waals surface area contributed by atoms with Crippen LogP contribution in [0.1, 0.15) is 17.7 Å². The molecule has 3 heterocycles. The molecular formula is C21H16F2N4. The zero-order chi connectivity index (χ0) is 18.5. The zero-order valence-electron chi connectivity index (χ0n) is 14.7. The fourth-order valence-electron chi connectivity index (χ4n) is 3.79. The van der Waals surface area contributed by atoms with Gasteiger partial charge in [-0.05, 0) is 49.6 Å². The number of halogens is 2. The van der Waals surface area contributed by atoms with Crippen molar-refractivity contribution in [2.24, 2.45) is 0 Å². The summed E-state index contributed by atoms with van der Waals surface area (Å²) in [5.41, 5.74) is 5.35. The maximum absolute atomic E-state index is 14.8. The van der Waals surface area contributed by atoms with E-state index in [4.69, 9.17) is 0 Å². The lowest BCUT2D eigenvalue weighted by molar-refractivity contribution is 0.569. The topological polar surface area (TPSA) is 43.6 Å². The fraction of sp³-hybridized carbons (Fsp3) is 0.190. The molecule has 0 radical (unpaired) electrons. The first-order chi connectivity index (χ1) is 13.1. The molecule has 0 saturated carbocycles. The Balaban J connectivity index is 1.78. The largest absolute Gasteiger partial charge is 0.268 e. The van der Waals surface area contributed by atoms with Crippen LogP contribution in [0.5, 0.6) is 0 Å². The summed E-state index contributed by atoms with van der Waals surface area (Å²) in [6.07, 6.45) is 5.19. The highest BCUT2D eigenvalue weighted by Gasteiger charge is 2.26. The molecule has 134 valence electrons. The molecule has 0 N–H and O–H groups in total. The lowest BCUT2D eigenvalue weighted by atomic mass is 9.96. The fourth-order valence-corrected chi connectivity index (χ4v) is 3.79. The SMILES string of the molecule is Cc1c(F)ccc(-c2nn3c(c2-c2ccc4nccnc4c2)CCC3)c1F. The van der Waals surface area contributed by atoms with E-state index in [1.807, 2.05) is 22.9 Å². The van der Waals surface area contributed by atoms with E-state index in [-0.39, 0.29) is 5.56 Å². The minimum atomic E-state index is -0.561. The molecule has 0 spiro atoms. The van der Waals surface area contributed by atoms with E-state index in [1.54, 1.807) is 12.4 Å².